The Hall–Kier alpha value is -2.76. The summed E-state index contributed by atoms with van der Waals surface area (Å²) in [5.74, 6) is 5.45. The molecule has 0 amide bonds. The Balaban J connectivity index is 2.16. The molecule has 0 saturated carbocycles. The number of aromatic amines is 1. The number of nitrogens with one attached hydrogen (secondary N) is 2. The predicted molar refractivity (Wildman–Crippen MR) is 87.5 cm³/mol. The first-order valence-corrected chi connectivity index (χ1v) is 7.39. The Morgan fingerprint density at radius 2 is 2.09 bits per heavy atom. The molecule has 0 fully saturated rings. The molecule has 0 aliphatic heterocycles. The van der Waals surface area contributed by atoms with Crippen LogP contribution in [0.2, 0.25) is 0 Å². The zero-order chi connectivity index (χ0) is 15.1. The van der Waals surface area contributed by atoms with E-state index in [9.17, 15) is 0 Å². The maximum atomic E-state index is 7.54. The van der Waals surface area contributed by atoms with Crippen molar-refractivity contribution in [2.24, 2.45) is 10.9 Å². The molecule has 0 radical (unpaired) electrons. The molecule has 22 heavy (non-hydrogen) atoms. The molecule has 6 nitrogen and oxygen atoms in total. The lowest BCUT2D eigenvalue weighted by Crippen LogP contribution is -2.16. The second kappa shape index (κ2) is 4.91. The van der Waals surface area contributed by atoms with Gasteiger partial charge in [-0.3, -0.25) is 5.10 Å². The van der Waals surface area contributed by atoms with E-state index in [-0.39, 0.29) is 0 Å². The van der Waals surface area contributed by atoms with Gasteiger partial charge in [0.05, 0.1) is 22.9 Å². The molecule has 0 spiro atoms. The molecule has 6 heteroatoms. The summed E-state index contributed by atoms with van der Waals surface area (Å²) >= 11 is 0. The minimum absolute atomic E-state index is 0.437. The number of fused-ring (bicyclic) bond motifs is 5. The first-order chi connectivity index (χ1) is 10.8. The van der Waals surface area contributed by atoms with E-state index < -0.39 is 0 Å². The van der Waals surface area contributed by atoms with E-state index in [4.69, 9.17) is 16.2 Å². The van der Waals surface area contributed by atoms with Crippen molar-refractivity contribution in [2.75, 3.05) is 0 Å². The molecule has 4 N–H and O–H groups in total. The van der Waals surface area contributed by atoms with Gasteiger partial charge >= 0.3 is 0 Å². The first kappa shape index (κ1) is 12.9. The minimum atomic E-state index is 0.437. The van der Waals surface area contributed by atoms with Gasteiger partial charge in [0.1, 0.15) is 5.71 Å². The molecule has 2 aromatic heterocycles. The van der Waals surface area contributed by atoms with Crippen molar-refractivity contribution in [1.29, 1.82) is 5.41 Å². The number of pyridine rings is 1. The van der Waals surface area contributed by atoms with Crippen LogP contribution in [0.3, 0.4) is 0 Å². The minimum Gasteiger partial charge on any atom is -0.323 e. The zero-order valence-electron chi connectivity index (χ0n) is 12.1. The molecule has 0 unspecified atom stereocenters. The van der Waals surface area contributed by atoms with Crippen molar-refractivity contribution in [2.45, 2.75) is 25.7 Å². The van der Waals surface area contributed by atoms with E-state index in [1.807, 2.05) is 18.3 Å². The number of rotatable bonds is 2. The van der Waals surface area contributed by atoms with Crippen LogP contribution >= 0.6 is 0 Å². The number of hydrogen-bond donors (Lipinski definition) is 3. The molecule has 110 valence electrons. The fourth-order valence-corrected chi connectivity index (χ4v) is 3.43. The van der Waals surface area contributed by atoms with Crippen LogP contribution in [0, 0.1) is 5.41 Å². The average Bonchev–Trinajstić information content (AvgIpc) is 3.04. The molecule has 0 saturated heterocycles. The lowest BCUT2D eigenvalue weighted by atomic mass is 9.86. The SMILES string of the molecule is N=CC(=NN)c1nc2ccc3[nH]ncc3c2c2c1CCCC2. The Bertz CT molecular complexity index is 921. The number of nitrogens with zero attached hydrogens (tertiary/aromatic N) is 3. The van der Waals surface area contributed by atoms with Crippen LogP contribution in [-0.2, 0) is 12.8 Å². The number of hydrogen-bond acceptors (Lipinski definition) is 5. The van der Waals surface area contributed by atoms with Crippen LogP contribution in [0.5, 0.6) is 0 Å². The van der Waals surface area contributed by atoms with Gasteiger partial charge in [0, 0.05) is 17.0 Å². The largest absolute Gasteiger partial charge is 0.323 e. The standard InChI is InChI=1S/C16H16N6/c17-7-14(21-18)16-10-4-2-1-3-9(10)15-11-8-19-22-12(11)5-6-13(15)20-16/h5-8,17H,1-4,18H2,(H,19,22). The van der Waals surface area contributed by atoms with Crippen LogP contribution in [0.15, 0.2) is 23.4 Å². The van der Waals surface area contributed by atoms with Gasteiger partial charge in [-0.15, -0.1) is 0 Å². The first-order valence-electron chi connectivity index (χ1n) is 7.39. The van der Waals surface area contributed by atoms with E-state index in [0.29, 0.717) is 5.71 Å². The molecule has 1 aromatic carbocycles. The lowest BCUT2D eigenvalue weighted by molar-refractivity contribution is 0.686. The van der Waals surface area contributed by atoms with Crippen molar-refractivity contribution >= 4 is 33.7 Å². The third kappa shape index (κ3) is 1.73. The van der Waals surface area contributed by atoms with Crippen LogP contribution < -0.4 is 5.84 Å². The van der Waals surface area contributed by atoms with Gasteiger partial charge in [-0.05, 0) is 48.9 Å². The van der Waals surface area contributed by atoms with E-state index in [0.717, 1.165) is 41.4 Å². The van der Waals surface area contributed by atoms with Gasteiger partial charge in [0.2, 0.25) is 0 Å². The smallest absolute Gasteiger partial charge is 0.126 e. The second-order valence-electron chi connectivity index (χ2n) is 5.57. The van der Waals surface area contributed by atoms with Crippen molar-refractivity contribution in [3.05, 3.63) is 35.2 Å². The Morgan fingerprint density at radius 1 is 1.27 bits per heavy atom. The fraction of sp³-hybridized carbons (Fsp3) is 0.250. The summed E-state index contributed by atoms with van der Waals surface area (Å²) in [5, 5.41) is 20.7. The predicted octanol–water partition coefficient (Wildman–Crippen LogP) is 2.30. The maximum absolute atomic E-state index is 7.54. The highest BCUT2D eigenvalue weighted by Gasteiger charge is 2.22. The quantitative estimate of drug-likeness (QED) is 0.383. The number of H-pyrrole nitrogens is 1. The highest BCUT2D eigenvalue weighted by atomic mass is 15.1. The molecule has 1 aliphatic rings. The number of aryl methyl sites for hydroxylation is 1. The topological polar surface area (TPSA) is 104 Å². The van der Waals surface area contributed by atoms with E-state index in [2.05, 4.69) is 15.3 Å². The van der Waals surface area contributed by atoms with Gasteiger partial charge in [-0.25, -0.2) is 4.98 Å². The third-order valence-corrected chi connectivity index (χ3v) is 4.41. The normalized spacial score (nSPS) is 15.2. The van der Waals surface area contributed by atoms with Gasteiger partial charge in [-0.2, -0.15) is 10.2 Å². The molecule has 3 aromatic rings. The van der Waals surface area contributed by atoms with Crippen LogP contribution in [-0.4, -0.2) is 27.1 Å². The number of aromatic nitrogens is 3. The average molecular weight is 292 g/mol. The van der Waals surface area contributed by atoms with E-state index in [1.165, 1.54) is 29.1 Å². The Labute approximate surface area is 126 Å². The van der Waals surface area contributed by atoms with Gasteiger partial charge < -0.3 is 11.3 Å². The summed E-state index contributed by atoms with van der Waals surface area (Å²) in [7, 11) is 0. The van der Waals surface area contributed by atoms with Gasteiger partial charge in [-0.1, -0.05) is 0 Å². The highest BCUT2D eigenvalue weighted by Crippen LogP contribution is 2.34. The van der Waals surface area contributed by atoms with Crippen molar-refractivity contribution < 1.29 is 0 Å². The molecular weight excluding hydrogens is 276 g/mol. The Kier molecular flexibility index (Phi) is 2.89. The summed E-state index contributed by atoms with van der Waals surface area (Å²) in [6.07, 6.45) is 7.31. The van der Waals surface area contributed by atoms with Crippen molar-refractivity contribution in [1.82, 2.24) is 15.2 Å². The van der Waals surface area contributed by atoms with Gasteiger partial charge in [0.25, 0.3) is 0 Å². The molecule has 4 rings (SSSR count). The van der Waals surface area contributed by atoms with E-state index >= 15 is 0 Å². The molecule has 1 aliphatic carbocycles. The molecule has 0 atom stereocenters. The molecule has 0 bridgehead atoms. The summed E-state index contributed by atoms with van der Waals surface area (Å²) in [6.45, 7) is 0. The highest BCUT2D eigenvalue weighted by molar-refractivity contribution is 6.37. The summed E-state index contributed by atoms with van der Waals surface area (Å²) < 4.78 is 0. The van der Waals surface area contributed by atoms with Crippen LogP contribution in [0.1, 0.15) is 29.7 Å². The third-order valence-electron chi connectivity index (χ3n) is 4.41. The maximum Gasteiger partial charge on any atom is 0.126 e. The summed E-state index contributed by atoms with van der Waals surface area (Å²) in [6, 6.07) is 3.98. The van der Waals surface area contributed by atoms with E-state index in [1.54, 1.807) is 0 Å². The van der Waals surface area contributed by atoms with Crippen molar-refractivity contribution in [3.63, 3.8) is 0 Å². The summed E-state index contributed by atoms with van der Waals surface area (Å²) in [4.78, 5) is 4.76. The monoisotopic (exact) mass is 292 g/mol. The number of nitrogens with two attached hydrogens (primary N) is 1. The van der Waals surface area contributed by atoms with Gasteiger partial charge in [0.15, 0.2) is 0 Å². The summed E-state index contributed by atoms with van der Waals surface area (Å²) in [5.41, 5.74) is 5.61. The lowest BCUT2D eigenvalue weighted by Gasteiger charge is -2.21. The molecular formula is C16H16N6. The number of hydrazone groups is 1. The van der Waals surface area contributed by atoms with Crippen molar-refractivity contribution in [3.8, 4) is 0 Å². The molecule has 2 heterocycles. The number of benzene rings is 1. The van der Waals surface area contributed by atoms with Crippen LogP contribution in [0.25, 0.3) is 21.8 Å². The van der Waals surface area contributed by atoms with Crippen LogP contribution in [0.4, 0.5) is 0 Å². The zero-order valence-corrected chi connectivity index (χ0v) is 12.1. The fourth-order valence-electron chi connectivity index (χ4n) is 3.43. The Morgan fingerprint density at radius 3 is 2.86 bits per heavy atom. The second-order valence-corrected chi connectivity index (χ2v) is 5.57.